The molecule has 1 atom stereocenters. The molecule has 1 amide bonds. The molecule has 1 aromatic carbocycles. The van der Waals surface area contributed by atoms with Crippen molar-refractivity contribution in [3.05, 3.63) is 29.3 Å². The van der Waals surface area contributed by atoms with Crippen molar-refractivity contribution in [3.63, 3.8) is 0 Å². The summed E-state index contributed by atoms with van der Waals surface area (Å²) in [6.07, 6.45) is 3.04. The van der Waals surface area contributed by atoms with Crippen molar-refractivity contribution >= 4 is 32.9 Å². The second kappa shape index (κ2) is 7.12. The largest absolute Gasteiger partial charge is 0.454 e. The van der Waals surface area contributed by atoms with Crippen molar-refractivity contribution in [1.82, 2.24) is 10.3 Å². The van der Waals surface area contributed by atoms with Gasteiger partial charge in [-0.2, -0.15) is 5.10 Å². The molecule has 1 fully saturated rings. The van der Waals surface area contributed by atoms with E-state index in [0.717, 1.165) is 17.5 Å². The van der Waals surface area contributed by atoms with E-state index < -0.39 is 15.9 Å². The molecule has 0 aliphatic carbocycles. The van der Waals surface area contributed by atoms with Crippen LogP contribution in [0.25, 0.3) is 5.70 Å². The highest BCUT2D eigenvalue weighted by Crippen LogP contribution is 2.38. The van der Waals surface area contributed by atoms with E-state index in [-0.39, 0.29) is 48.5 Å². The Hall–Kier alpha value is -2.88. The Kier molecular flexibility index (Phi) is 4.53. The Morgan fingerprint density at radius 3 is 2.77 bits per heavy atom. The van der Waals surface area contributed by atoms with E-state index in [4.69, 9.17) is 9.47 Å². The highest BCUT2D eigenvalue weighted by atomic mass is 32.2. The number of hydrogen-bond donors (Lipinski definition) is 1. The maximum absolute atomic E-state index is 12.9. The number of sulfone groups is 1. The van der Waals surface area contributed by atoms with Crippen LogP contribution in [0.5, 0.6) is 11.5 Å². The maximum atomic E-state index is 12.9. The first-order chi connectivity index (χ1) is 14.4. The van der Waals surface area contributed by atoms with Crippen molar-refractivity contribution in [2.75, 3.05) is 24.8 Å². The molecule has 0 radical (unpaired) electrons. The maximum Gasteiger partial charge on any atom is 0.243 e. The number of ether oxygens (including phenoxy) is 2. The molecule has 0 saturated carbocycles. The molecule has 9 nitrogen and oxygen atoms in total. The van der Waals surface area contributed by atoms with Crippen LogP contribution in [0.15, 0.2) is 23.3 Å². The number of nitrogens with one attached hydrogen (secondary N) is 1. The van der Waals surface area contributed by atoms with Gasteiger partial charge in [-0.25, -0.2) is 13.4 Å². The minimum atomic E-state index is -3.16. The molecule has 4 aliphatic rings. The number of rotatable bonds is 3. The van der Waals surface area contributed by atoms with Gasteiger partial charge in [0, 0.05) is 36.7 Å². The highest BCUT2D eigenvalue weighted by molar-refractivity contribution is 7.91. The summed E-state index contributed by atoms with van der Waals surface area (Å²) in [7, 11) is -3.16. The van der Waals surface area contributed by atoms with Crippen molar-refractivity contribution in [1.29, 1.82) is 0 Å². The second-order valence-corrected chi connectivity index (χ2v) is 10.0. The van der Waals surface area contributed by atoms with Gasteiger partial charge in [-0.1, -0.05) is 0 Å². The molecule has 0 unspecified atom stereocenters. The molecule has 0 spiro atoms. The molecule has 30 heavy (non-hydrogen) atoms. The predicted octanol–water partition coefficient (Wildman–Crippen LogP) is 0.637. The lowest BCUT2D eigenvalue weighted by Gasteiger charge is -2.27. The zero-order valence-electron chi connectivity index (χ0n) is 16.2. The van der Waals surface area contributed by atoms with E-state index in [2.05, 4.69) is 10.4 Å². The number of ketones is 1. The molecule has 1 saturated heterocycles. The average Bonchev–Trinajstić information content (AvgIpc) is 3.32. The van der Waals surface area contributed by atoms with Crippen LogP contribution in [0, 0.1) is 0 Å². The summed E-state index contributed by atoms with van der Waals surface area (Å²) in [6.45, 7) is 0.865. The topological polar surface area (TPSA) is 114 Å². The van der Waals surface area contributed by atoms with Crippen LogP contribution < -0.4 is 14.8 Å². The van der Waals surface area contributed by atoms with Gasteiger partial charge in [0.25, 0.3) is 0 Å². The molecule has 4 aliphatic heterocycles. The SMILES string of the molecule is O=C(/C=C1\NCCc2cc3c(cc21)OCO3)C1=NN([C@H]2CCS(=O)(=O)C2)C(=O)CC1. The number of hydrogen-bond acceptors (Lipinski definition) is 8. The summed E-state index contributed by atoms with van der Waals surface area (Å²) in [4.78, 5) is 25.2. The van der Waals surface area contributed by atoms with E-state index in [1.165, 1.54) is 11.1 Å². The third-order valence-corrected chi connectivity index (χ3v) is 7.52. The minimum absolute atomic E-state index is 0.0428. The minimum Gasteiger partial charge on any atom is -0.454 e. The number of amides is 1. The first-order valence-electron chi connectivity index (χ1n) is 9.92. The van der Waals surface area contributed by atoms with E-state index >= 15 is 0 Å². The summed E-state index contributed by atoms with van der Waals surface area (Å²) in [5.74, 6) is 0.758. The van der Waals surface area contributed by atoms with Gasteiger partial charge in [0.1, 0.15) is 5.71 Å². The summed E-state index contributed by atoms with van der Waals surface area (Å²) in [5, 5.41) is 8.72. The summed E-state index contributed by atoms with van der Waals surface area (Å²) in [5.41, 5.74) is 2.89. The predicted molar refractivity (Wildman–Crippen MR) is 108 cm³/mol. The van der Waals surface area contributed by atoms with Crippen LogP contribution >= 0.6 is 0 Å². The second-order valence-electron chi connectivity index (χ2n) is 7.80. The number of carbonyl (C=O) groups excluding carboxylic acids is 2. The van der Waals surface area contributed by atoms with Gasteiger partial charge in [0.15, 0.2) is 21.3 Å². The third-order valence-electron chi connectivity index (χ3n) is 5.77. The zero-order valence-corrected chi connectivity index (χ0v) is 17.0. The number of benzene rings is 1. The van der Waals surface area contributed by atoms with E-state index in [1.807, 2.05) is 12.1 Å². The van der Waals surface area contributed by atoms with Gasteiger partial charge in [-0.3, -0.25) is 9.59 Å². The first-order valence-corrected chi connectivity index (χ1v) is 11.7. The van der Waals surface area contributed by atoms with E-state index in [0.29, 0.717) is 30.2 Å². The number of nitrogens with zero attached hydrogens (tertiary/aromatic N) is 2. The number of fused-ring (bicyclic) bond motifs is 2. The summed E-state index contributed by atoms with van der Waals surface area (Å²) >= 11 is 0. The van der Waals surface area contributed by atoms with E-state index in [9.17, 15) is 18.0 Å². The first kappa shape index (κ1) is 19.1. The van der Waals surface area contributed by atoms with Crippen LogP contribution in [0.2, 0.25) is 0 Å². The van der Waals surface area contributed by atoms with Crippen LogP contribution in [0.1, 0.15) is 30.4 Å². The summed E-state index contributed by atoms with van der Waals surface area (Å²) < 4.78 is 34.4. The lowest BCUT2D eigenvalue weighted by atomic mass is 9.95. The number of hydrazone groups is 1. The lowest BCUT2D eigenvalue weighted by molar-refractivity contribution is -0.133. The highest BCUT2D eigenvalue weighted by Gasteiger charge is 2.37. The summed E-state index contributed by atoms with van der Waals surface area (Å²) in [6, 6.07) is 3.31. The van der Waals surface area contributed by atoms with Crippen molar-refractivity contribution in [2.24, 2.45) is 5.10 Å². The molecular weight excluding hydrogens is 410 g/mol. The Balaban J connectivity index is 1.42. The number of carbonyl (C=O) groups is 2. The van der Waals surface area contributed by atoms with Gasteiger partial charge in [-0.05, 0) is 30.5 Å². The van der Waals surface area contributed by atoms with E-state index in [1.54, 1.807) is 0 Å². The third kappa shape index (κ3) is 3.45. The molecule has 0 aromatic heterocycles. The van der Waals surface area contributed by atoms with Gasteiger partial charge in [-0.15, -0.1) is 0 Å². The Labute approximate surface area is 173 Å². The Morgan fingerprint density at radius 2 is 2.00 bits per heavy atom. The van der Waals surface area contributed by atoms with Gasteiger partial charge in [0.2, 0.25) is 18.5 Å². The standard InChI is InChI=1S/C20H21N3O6S/c24-17(15-1-2-20(25)23(22-15)13-4-6-30(26,27)10-13)9-16-14-8-19-18(28-11-29-19)7-12(14)3-5-21-16/h7-9,13,21H,1-6,10-11H2/b16-9-/t13-/m0/s1. The smallest absolute Gasteiger partial charge is 0.243 e. The lowest BCUT2D eigenvalue weighted by Crippen LogP contribution is -2.41. The van der Waals surface area contributed by atoms with Crippen LogP contribution in [-0.4, -0.2) is 61.7 Å². The monoisotopic (exact) mass is 431 g/mol. The van der Waals surface area contributed by atoms with Gasteiger partial charge >= 0.3 is 0 Å². The molecule has 10 heteroatoms. The molecule has 5 rings (SSSR count). The average molecular weight is 431 g/mol. The molecule has 0 bridgehead atoms. The zero-order chi connectivity index (χ0) is 20.9. The van der Waals surface area contributed by atoms with Crippen molar-refractivity contribution in [2.45, 2.75) is 31.7 Å². The normalized spacial score (nSPS) is 25.7. The Morgan fingerprint density at radius 1 is 1.20 bits per heavy atom. The molecule has 4 heterocycles. The van der Waals surface area contributed by atoms with Gasteiger partial charge < -0.3 is 14.8 Å². The van der Waals surface area contributed by atoms with Crippen molar-refractivity contribution in [3.8, 4) is 11.5 Å². The Bertz CT molecular complexity index is 1110. The fourth-order valence-corrected chi connectivity index (χ4v) is 5.91. The van der Waals surface area contributed by atoms with Crippen LogP contribution in [-0.2, 0) is 25.8 Å². The molecule has 1 N–H and O–H groups in total. The fourth-order valence-electron chi connectivity index (χ4n) is 4.21. The van der Waals surface area contributed by atoms with Crippen LogP contribution in [0.4, 0.5) is 0 Å². The number of allylic oxidation sites excluding steroid dienone is 1. The molecular formula is C20H21N3O6S. The molecule has 158 valence electrons. The van der Waals surface area contributed by atoms with Crippen molar-refractivity contribution < 1.29 is 27.5 Å². The fraction of sp³-hybridized carbons (Fsp3) is 0.450. The van der Waals surface area contributed by atoms with Gasteiger partial charge in [0.05, 0.1) is 17.5 Å². The van der Waals surface area contributed by atoms with Crippen LogP contribution in [0.3, 0.4) is 0 Å². The quantitative estimate of drug-likeness (QED) is 0.699. The molecule has 1 aromatic rings.